The molecule has 4 heteroatoms. The van der Waals surface area contributed by atoms with Gasteiger partial charge in [-0.25, -0.2) is 0 Å². The molecule has 0 saturated heterocycles. The molecule has 0 amide bonds. The van der Waals surface area contributed by atoms with Gasteiger partial charge in [-0.1, -0.05) is 0 Å². The van der Waals surface area contributed by atoms with Gasteiger partial charge in [-0.05, 0) is 0 Å². The molecule has 0 aromatic carbocycles. The summed E-state index contributed by atoms with van der Waals surface area (Å²) in [5.74, 6) is 0.990. The third-order valence-corrected chi connectivity index (χ3v) is 15.1. The van der Waals surface area contributed by atoms with Crippen molar-refractivity contribution in [2.24, 2.45) is 0 Å². The number of hydrogen-bond donors (Lipinski definition) is 0. The van der Waals surface area contributed by atoms with E-state index in [-0.39, 0.29) is 0 Å². The number of rotatable bonds is 7. The molecule has 0 radical (unpaired) electrons. The maximum atomic E-state index is 4.62. The minimum atomic E-state index is -1.49. The summed E-state index contributed by atoms with van der Waals surface area (Å²) in [6.45, 7) is 6.59. The van der Waals surface area contributed by atoms with Crippen molar-refractivity contribution < 1.29 is 0 Å². The van der Waals surface area contributed by atoms with Gasteiger partial charge < -0.3 is 0 Å². The molecule has 0 aliphatic carbocycles. The molecule has 0 atom stereocenters. The summed E-state index contributed by atoms with van der Waals surface area (Å²) >= 11 is 0.200. The first-order valence-corrected chi connectivity index (χ1v) is 13.2. The number of nitrogens with zero attached hydrogens (tertiary/aromatic N) is 2. The zero-order valence-corrected chi connectivity index (χ0v) is 14.2. The molecule has 0 unspecified atom stereocenters. The molecule has 1 aromatic heterocycles. The van der Waals surface area contributed by atoms with E-state index in [1.807, 2.05) is 6.92 Å². The van der Waals surface area contributed by atoms with E-state index in [2.05, 4.69) is 23.2 Å². The molecule has 2 nitrogen and oxygen atoms in total. The van der Waals surface area contributed by atoms with Crippen molar-refractivity contribution >= 4 is 34.3 Å². The van der Waals surface area contributed by atoms with E-state index in [1.165, 1.54) is 37.6 Å². The Morgan fingerprint density at radius 1 is 1.13 bits per heavy atom. The quantitative estimate of drug-likeness (QED) is 0.717. The average Bonchev–Trinajstić information content (AvgIpc) is 2.65. The van der Waals surface area contributed by atoms with Crippen molar-refractivity contribution in [3.8, 4) is 0 Å². The van der Waals surface area contributed by atoms with Crippen LogP contribution in [-0.4, -0.2) is 29.1 Å². The Morgan fingerprint density at radius 2 is 1.73 bits per heavy atom. The molecular weight excluding hydrogens is 311 g/mol. The van der Waals surface area contributed by atoms with Gasteiger partial charge in [0.05, 0.1) is 0 Å². The summed E-state index contributed by atoms with van der Waals surface area (Å²) in [7, 11) is 0. The number of aryl methyl sites for hydroxylation is 1. The first-order valence-electron chi connectivity index (χ1n) is 6.08. The van der Waals surface area contributed by atoms with Crippen molar-refractivity contribution in [3.05, 3.63) is 5.82 Å². The van der Waals surface area contributed by atoms with Crippen LogP contribution < -0.4 is 3.02 Å². The van der Waals surface area contributed by atoms with E-state index in [0.717, 1.165) is 5.82 Å². The number of aromatic nitrogens is 2. The van der Waals surface area contributed by atoms with Crippen LogP contribution in [0.1, 0.15) is 45.4 Å². The van der Waals surface area contributed by atoms with E-state index in [0.29, 0.717) is 0 Å². The second-order valence-electron chi connectivity index (χ2n) is 4.16. The van der Waals surface area contributed by atoms with Gasteiger partial charge in [0, 0.05) is 0 Å². The Morgan fingerprint density at radius 3 is 2.13 bits per heavy atom. The van der Waals surface area contributed by atoms with E-state index in [1.54, 1.807) is 11.5 Å². The molecule has 0 fully saturated rings. The van der Waals surface area contributed by atoms with Crippen LogP contribution in [0.5, 0.6) is 0 Å². The van der Waals surface area contributed by atoms with Crippen molar-refractivity contribution in [1.29, 1.82) is 0 Å². The third-order valence-electron chi connectivity index (χ3n) is 2.70. The van der Waals surface area contributed by atoms with Crippen LogP contribution in [0.25, 0.3) is 0 Å². The van der Waals surface area contributed by atoms with Crippen LogP contribution in [0.15, 0.2) is 0 Å². The van der Waals surface area contributed by atoms with Crippen molar-refractivity contribution in [2.45, 2.75) is 55.3 Å². The van der Waals surface area contributed by atoms with E-state index < -0.39 is 19.8 Å². The van der Waals surface area contributed by atoms with E-state index >= 15 is 0 Å². The molecule has 15 heavy (non-hydrogen) atoms. The van der Waals surface area contributed by atoms with Gasteiger partial charge in [-0.15, -0.1) is 0 Å². The van der Waals surface area contributed by atoms with Crippen LogP contribution in [0.2, 0.25) is 8.87 Å². The zero-order valence-electron chi connectivity index (χ0n) is 10.1. The fourth-order valence-electron chi connectivity index (χ4n) is 1.77. The van der Waals surface area contributed by atoms with Gasteiger partial charge in [0.25, 0.3) is 0 Å². The molecule has 0 aliphatic heterocycles. The molecule has 1 rings (SSSR count). The Balaban J connectivity index is 2.54. The van der Waals surface area contributed by atoms with Crippen molar-refractivity contribution in [3.63, 3.8) is 0 Å². The molecule has 86 valence electrons. The van der Waals surface area contributed by atoms with Gasteiger partial charge in [0.2, 0.25) is 0 Å². The summed E-state index contributed by atoms with van der Waals surface area (Å²) < 4.78 is 8.79. The summed E-state index contributed by atoms with van der Waals surface area (Å²) in [4.78, 5) is 4.62. The summed E-state index contributed by atoms with van der Waals surface area (Å²) in [5, 5.41) is 0. The van der Waals surface area contributed by atoms with Crippen molar-refractivity contribution in [2.75, 3.05) is 0 Å². The van der Waals surface area contributed by atoms with E-state index in [9.17, 15) is 0 Å². The Labute approximate surface area is 104 Å². The Bertz CT molecular complexity index is 267. The van der Waals surface area contributed by atoms with Crippen LogP contribution in [0.3, 0.4) is 0 Å². The molecule has 0 spiro atoms. The van der Waals surface area contributed by atoms with Gasteiger partial charge in [-0.3, -0.25) is 0 Å². The van der Waals surface area contributed by atoms with Gasteiger partial charge >= 0.3 is 105 Å². The van der Waals surface area contributed by atoms with Crippen LogP contribution in [0, 0.1) is 6.92 Å². The van der Waals surface area contributed by atoms with Crippen LogP contribution >= 0.6 is 11.5 Å². The van der Waals surface area contributed by atoms with Gasteiger partial charge in [0.15, 0.2) is 0 Å². The molecule has 0 saturated carbocycles. The minimum absolute atomic E-state index is 0.990. The first-order chi connectivity index (χ1) is 7.27. The second-order valence-corrected chi connectivity index (χ2v) is 15.0. The van der Waals surface area contributed by atoms with E-state index in [4.69, 9.17) is 0 Å². The van der Waals surface area contributed by atoms with Gasteiger partial charge in [-0.2, -0.15) is 0 Å². The fourth-order valence-corrected chi connectivity index (χ4v) is 14.1. The SMILES string of the molecule is CCC[CH2][SnH]([CH2]CCC)[c]1nc(C)ns1. The average molecular weight is 333 g/mol. The molecular formula is C11H22N2SSn. The molecule has 0 N–H and O–H groups in total. The van der Waals surface area contributed by atoms with Crippen molar-refractivity contribution in [1.82, 2.24) is 9.36 Å². The monoisotopic (exact) mass is 334 g/mol. The normalized spacial score (nSPS) is 11.2. The predicted octanol–water partition coefficient (Wildman–Crippen LogP) is 2.88. The molecule has 0 aliphatic rings. The van der Waals surface area contributed by atoms with Crippen LogP contribution in [0.4, 0.5) is 0 Å². The topological polar surface area (TPSA) is 25.8 Å². The molecule has 1 aromatic rings. The second kappa shape index (κ2) is 7.60. The fraction of sp³-hybridized carbons (Fsp3) is 0.818. The summed E-state index contributed by atoms with van der Waals surface area (Å²) in [6.07, 6.45) is 5.47. The third kappa shape index (κ3) is 4.81. The predicted molar refractivity (Wildman–Crippen MR) is 70.9 cm³/mol. The number of unbranched alkanes of at least 4 members (excludes halogenated alkanes) is 2. The first kappa shape index (κ1) is 13.4. The number of hydrogen-bond acceptors (Lipinski definition) is 3. The Kier molecular flexibility index (Phi) is 6.80. The van der Waals surface area contributed by atoms with Gasteiger partial charge in [0.1, 0.15) is 0 Å². The summed E-state index contributed by atoms with van der Waals surface area (Å²) in [5.41, 5.74) is 0. The standard InChI is InChI=1S/2C4H9.C3H3N2S.Sn.H/c2*1-3-4-2;1-3-4-2-6-5-3;;/h2*1,3-4H2,2H3;1H3;;. The summed E-state index contributed by atoms with van der Waals surface area (Å²) in [6, 6.07) is 0. The molecule has 1 heterocycles. The van der Waals surface area contributed by atoms with Crippen LogP contribution in [-0.2, 0) is 0 Å². The maximum absolute atomic E-state index is 4.62. The Hall–Kier alpha value is 0.359. The zero-order chi connectivity index (χ0) is 11.1. The molecule has 0 bridgehead atoms.